The summed E-state index contributed by atoms with van der Waals surface area (Å²) in [6, 6.07) is 0. The standard InChI is InChI=1S/C7H8N2O4S/c1-4-5(10)2-3-6(7(4)9-8)14(11,12)13/h2-4,10H,1H3,(H,11,12,13). The molecule has 1 atom stereocenters. The molecule has 14 heavy (non-hydrogen) atoms. The van der Waals surface area contributed by atoms with Gasteiger partial charge in [-0.25, -0.2) is 0 Å². The van der Waals surface area contributed by atoms with Crippen LogP contribution in [0.4, 0.5) is 0 Å². The van der Waals surface area contributed by atoms with Gasteiger partial charge >= 0.3 is 15.8 Å². The molecule has 0 bridgehead atoms. The number of aliphatic hydroxyl groups is 1. The van der Waals surface area contributed by atoms with Crippen LogP contribution in [0, 0.1) is 5.92 Å². The van der Waals surface area contributed by atoms with Gasteiger partial charge in [-0.3, -0.25) is 4.55 Å². The maximum absolute atomic E-state index is 10.8. The minimum absolute atomic E-state index is 0.134. The minimum atomic E-state index is -4.43. The molecule has 1 unspecified atom stereocenters. The third kappa shape index (κ3) is 1.74. The molecule has 76 valence electrons. The first-order chi connectivity index (χ1) is 6.38. The molecule has 0 fully saturated rings. The van der Waals surface area contributed by atoms with Crippen molar-refractivity contribution in [2.45, 2.75) is 6.92 Å². The Morgan fingerprint density at radius 1 is 1.50 bits per heavy atom. The van der Waals surface area contributed by atoms with Crippen LogP contribution in [0.25, 0.3) is 5.53 Å². The second-order valence-corrected chi connectivity index (χ2v) is 4.19. The van der Waals surface area contributed by atoms with Crippen LogP contribution in [0.5, 0.6) is 0 Å². The first-order valence-corrected chi connectivity index (χ1v) is 5.12. The number of hydrogen-bond acceptors (Lipinski definition) is 3. The number of aliphatic hydroxyl groups excluding tert-OH is 1. The summed E-state index contributed by atoms with van der Waals surface area (Å²) >= 11 is 0. The Labute approximate surface area is 80.5 Å². The number of nitrogens with zero attached hydrogens (tertiary/aromatic N) is 2. The second-order valence-electron chi connectivity index (χ2n) is 2.80. The SMILES string of the molecule is CC1C(O)=CC=C(S(=O)(=O)O)C1=[N+]=[N-]. The predicted octanol–water partition coefficient (Wildman–Crippen LogP) is 0.521. The Morgan fingerprint density at radius 3 is 2.50 bits per heavy atom. The lowest BCUT2D eigenvalue weighted by Gasteiger charge is -2.10. The zero-order chi connectivity index (χ0) is 10.9. The molecule has 0 saturated heterocycles. The fourth-order valence-corrected chi connectivity index (χ4v) is 1.82. The lowest BCUT2D eigenvalue weighted by atomic mass is 9.98. The van der Waals surface area contributed by atoms with Crippen molar-refractivity contribution in [2.24, 2.45) is 5.92 Å². The largest absolute Gasteiger partial charge is 0.511 e. The Bertz CT molecular complexity index is 468. The van der Waals surface area contributed by atoms with Gasteiger partial charge in [0, 0.05) is 0 Å². The van der Waals surface area contributed by atoms with Crippen molar-refractivity contribution in [2.75, 3.05) is 0 Å². The zero-order valence-electron chi connectivity index (χ0n) is 7.25. The summed E-state index contributed by atoms with van der Waals surface area (Å²) in [6.45, 7) is 1.44. The van der Waals surface area contributed by atoms with E-state index in [2.05, 4.69) is 4.79 Å². The Balaban J connectivity index is 3.40. The van der Waals surface area contributed by atoms with Gasteiger partial charge in [0.1, 0.15) is 11.7 Å². The highest BCUT2D eigenvalue weighted by molar-refractivity contribution is 7.90. The molecule has 7 heteroatoms. The van der Waals surface area contributed by atoms with E-state index in [0.29, 0.717) is 0 Å². The van der Waals surface area contributed by atoms with Gasteiger partial charge in [0.15, 0.2) is 4.91 Å². The first kappa shape index (κ1) is 10.6. The van der Waals surface area contributed by atoms with Crippen LogP contribution < -0.4 is 0 Å². The highest BCUT2D eigenvalue weighted by Gasteiger charge is 2.36. The van der Waals surface area contributed by atoms with Crippen LogP contribution in [0.2, 0.25) is 0 Å². The van der Waals surface area contributed by atoms with Crippen molar-refractivity contribution in [1.82, 2.24) is 0 Å². The monoisotopic (exact) mass is 216 g/mol. The Morgan fingerprint density at radius 2 is 2.07 bits per heavy atom. The van der Waals surface area contributed by atoms with E-state index >= 15 is 0 Å². The third-order valence-corrected chi connectivity index (χ3v) is 2.80. The molecule has 6 nitrogen and oxygen atoms in total. The van der Waals surface area contributed by atoms with Gasteiger partial charge in [0.2, 0.25) is 0 Å². The fourth-order valence-electron chi connectivity index (χ4n) is 1.10. The normalized spacial score (nSPS) is 22.4. The molecule has 0 aromatic rings. The highest BCUT2D eigenvalue weighted by atomic mass is 32.2. The summed E-state index contributed by atoms with van der Waals surface area (Å²) in [4.78, 5) is 2.23. The molecule has 2 N–H and O–H groups in total. The van der Waals surface area contributed by atoms with Crippen molar-refractivity contribution < 1.29 is 22.9 Å². The van der Waals surface area contributed by atoms with Crippen LogP contribution in [-0.4, -0.2) is 28.6 Å². The van der Waals surface area contributed by atoms with Gasteiger partial charge in [-0.1, -0.05) is 0 Å². The zero-order valence-corrected chi connectivity index (χ0v) is 8.06. The molecular weight excluding hydrogens is 208 g/mol. The van der Waals surface area contributed by atoms with Gasteiger partial charge in [-0.2, -0.15) is 13.2 Å². The molecule has 0 aliphatic heterocycles. The lowest BCUT2D eigenvalue weighted by molar-refractivity contribution is -0.0107. The summed E-state index contributed by atoms with van der Waals surface area (Å²) in [5.41, 5.74) is 8.26. The molecule has 1 rings (SSSR count). The third-order valence-electron chi connectivity index (χ3n) is 1.90. The Hall–Kier alpha value is -1.43. The van der Waals surface area contributed by atoms with E-state index < -0.39 is 20.9 Å². The molecule has 1 aliphatic carbocycles. The van der Waals surface area contributed by atoms with E-state index in [9.17, 15) is 13.5 Å². The topological polar surface area (TPSA) is 111 Å². The molecule has 0 saturated carbocycles. The number of rotatable bonds is 1. The summed E-state index contributed by atoms with van der Waals surface area (Å²) in [5.74, 6) is -0.896. The van der Waals surface area contributed by atoms with Crippen LogP contribution in [-0.2, 0) is 10.1 Å². The molecular formula is C7H8N2O4S. The van der Waals surface area contributed by atoms with Crippen molar-refractivity contribution >= 4 is 15.8 Å². The van der Waals surface area contributed by atoms with E-state index in [-0.39, 0.29) is 11.5 Å². The lowest BCUT2D eigenvalue weighted by Crippen LogP contribution is -2.24. The van der Waals surface area contributed by atoms with E-state index in [1.165, 1.54) is 6.92 Å². The van der Waals surface area contributed by atoms with Crippen LogP contribution >= 0.6 is 0 Å². The van der Waals surface area contributed by atoms with Crippen LogP contribution in [0.1, 0.15) is 6.92 Å². The number of allylic oxidation sites excluding steroid dienone is 4. The van der Waals surface area contributed by atoms with Crippen molar-refractivity contribution in [3.05, 3.63) is 28.3 Å². The molecule has 0 aromatic carbocycles. The van der Waals surface area contributed by atoms with E-state index in [1.807, 2.05) is 0 Å². The number of hydrogen-bond donors (Lipinski definition) is 2. The summed E-state index contributed by atoms with van der Waals surface area (Å²) in [7, 11) is -4.43. The molecule has 1 aliphatic rings. The Kier molecular flexibility index (Phi) is 2.57. The minimum Gasteiger partial charge on any atom is -0.511 e. The van der Waals surface area contributed by atoms with Gasteiger partial charge in [-0.15, -0.1) is 0 Å². The molecule has 0 spiro atoms. The quantitative estimate of drug-likeness (QED) is 0.378. The van der Waals surface area contributed by atoms with Gasteiger partial charge < -0.3 is 10.6 Å². The predicted molar refractivity (Wildman–Crippen MR) is 48.1 cm³/mol. The highest BCUT2D eigenvalue weighted by Crippen LogP contribution is 2.22. The van der Waals surface area contributed by atoms with E-state index in [4.69, 9.17) is 10.1 Å². The van der Waals surface area contributed by atoms with Gasteiger partial charge in [-0.05, 0) is 19.1 Å². The summed E-state index contributed by atoms with van der Waals surface area (Å²) in [6.07, 6.45) is 2.10. The maximum atomic E-state index is 10.8. The summed E-state index contributed by atoms with van der Waals surface area (Å²) in [5, 5.41) is 9.21. The fraction of sp³-hybridized carbons (Fsp3) is 0.286. The average Bonchev–Trinajstić information content (AvgIpc) is 2.07. The molecule has 0 aromatic heterocycles. The van der Waals surface area contributed by atoms with Crippen molar-refractivity contribution in [1.29, 1.82) is 0 Å². The average molecular weight is 216 g/mol. The maximum Gasteiger partial charge on any atom is 0.323 e. The van der Waals surface area contributed by atoms with E-state index in [0.717, 1.165) is 12.2 Å². The smallest absolute Gasteiger partial charge is 0.323 e. The van der Waals surface area contributed by atoms with Gasteiger partial charge in [0.05, 0.1) is 0 Å². The molecule has 0 radical (unpaired) electrons. The first-order valence-electron chi connectivity index (χ1n) is 3.68. The van der Waals surface area contributed by atoms with Crippen molar-refractivity contribution in [3.8, 4) is 0 Å². The summed E-state index contributed by atoms with van der Waals surface area (Å²) < 4.78 is 30.3. The van der Waals surface area contributed by atoms with E-state index in [1.54, 1.807) is 0 Å². The molecule has 0 heterocycles. The van der Waals surface area contributed by atoms with Gasteiger partial charge in [0.25, 0.3) is 0 Å². The van der Waals surface area contributed by atoms with Crippen LogP contribution in [0.3, 0.4) is 0 Å². The van der Waals surface area contributed by atoms with Crippen molar-refractivity contribution in [3.63, 3.8) is 0 Å². The van der Waals surface area contributed by atoms with Crippen LogP contribution in [0.15, 0.2) is 22.8 Å². The second kappa shape index (κ2) is 3.38. The molecule has 0 amide bonds.